The number of Topliss-reactive ketones (excluding diaryl/α,β-unsaturated/α-hetero) is 1. The number of carbonyl (C=O) groups is 1. The van der Waals surface area contributed by atoms with Crippen molar-refractivity contribution in [2.75, 3.05) is 6.61 Å². The molecule has 0 spiro atoms. The third kappa shape index (κ3) is 2.29. The molecule has 2 aliphatic rings. The molecule has 0 unspecified atom stereocenters. The summed E-state index contributed by atoms with van der Waals surface area (Å²) in [5.41, 5.74) is 0.574. The second kappa shape index (κ2) is 5.24. The number of hydrogen-bond donors (Lipinski definition) is 1. The number of ketones is 1. The Morgan fingerprint density at radius 2 is 1.87 bits per heavy atom. The van der Waals surface area contributed by atoms with E-state index >= 15 is 4.39 Å². The van der Waals surface area contributed by atoms with Gasteiger partial charge in [0.05, 0.1) is 0 Å². The first-order chi connectivity index (χ1) is 11.2. The largest absolute Gasteiger partial charge is 0.388 e. The second-order valence-electron chi connectivity index (χ2n) is 6.50. The molecule has 1 aromatic carbocycles. The highest BCUT2D eigenvalue weighted by Crippen LogP contribution is 2.66. The Hall–Kier alpha value is -2.07. The fourth-order valence-corrected chi connectivity index (χ4v) is 3.62. The number of nitrogens with zero attached hydrogens (tertiary/aromatic N) is 1. The first kappa shape index (κ1) is 14.5. The lowest BCUT2D eigenvalue weighted by molar-refractivity contribution is -0.128. The Kier molecular flexibility index (Phi) is 3.31. The van der Waals surface area contributed by atoms with Crippen LogP contribution in [0.1, 0.15) is 47.4 Å². The van der Waals surface area contributed by atoms with Crippen LogP contribution in [-0.2, 0) is 4.79 Å². The van der Waals surface area contributed by atoms with Gasteiger partial charge in [-0.25, -0.2) is 4.39 Å². The zero-order chi connectivity index (χ0) is 16.0. The summed E-state index contributed by atoms with van der Waals surface area (Å²) in [5, 5.41) is 9.19. The molecule has 0 saturated heterocycles. The summed E-state index contributed by atoms with van der Waals surface area (Å²) in [6.45, 7) is -0.767. The monoisotopic (exact) mass is 311 g/mol. The van der Waals surface area contributed by atoms with Gasteiger partial charge in [0, 0.05) is 29.6 Å². The van der Waals surface area contributed by atoms with Crippen molar-refractivity contribution >= 4 is 5.78 Å². The number of aliphatic hydroxyl groups excluding tert-OH is 1. The average molecular weight is 311 g/mol. The SMILES string of the molecule is O=C(CO)[C@@]1(F)[C@H](c2ccccc2)[C@H]1c1ccnc(C2CC2)c1. The quantitative estimate of drug-likeness (QED) is 0.923. The molecule has 2 aliphatic carbocycles. The van der Waals surface area contributed by atoms with Crippen LogP contribution in [0.5, 0.6) is 0 Å². The number of benzene rings is 1. The minimum Gasteiger partial charge on any atom is -0.388 e. The Balaban J connectivity index is 1.73. The standard InChI is InChI=1S/C19H18FNO2/c20-19(16(23)11-22)17(13-4-2-1-3-5-13)18(19)14-8-9-21-15(10-14)12-6-7-12/h1-5,8-10,12,17-18,22H,6-7,11H2/t17-,18-,19-/m1/s1. The predicted molar refractivity (Wildman–Crippen MR) is 84.1 cm³/mol. The van der Waals surface area contributed by atoms with E-state index in [1.165, 1.54) is 0 Å². The van der Waals surface area contributed by atoms with Crippen LogP contribution in [0.4, 0.5) is 4.39 Å². The van der Waals surface area contributed by atoms with E-state index in [0.29, 0.717) is 5.92 Å². The van der Waals surface area contributed by atoms with Crippen LogP contribution in [0.15, 0.2) is 48.7 Å². The van der Waals surface area contributed by atoms with Crippen molar-refractivity contribution in [1.29, 1.82) is 0 Å². The summed E-state index contributed by atoms with van der Waals surface area (Å²) in [4.78, 5) is 16.4. The second-order valence-corrected chi connectivity index (χ2v) is 6.50. The average Bonchev–Trinajstić information content (AvgIpc) is 3.50. The minimum absolute atomic E-state index is 0.478. The van der Waals surface area contributed by atoms with Crippen LogP contribution in [0.2, 0.25) is 0 Å². The molecule has 0 bridgehead atoms. The highest BCUT2D eigenvalue weighted by Gasteiger charge is 2.71. The molecule has 2 saturated carbocycles. The third-order valence-electron chi connectivity index (χ3n) is 5.02. The molecule has 3 atom stereocenters. The molecule has 118 valence electrons. The van der Waals surface area contributed by atoms with Gasteiger partial charge in [0.1, 0.15) is 6.61 Å². The maximum absolute atomic E-state index is 15.4. The van der Waals surface area contributed by atoms with Crippen molar-refractivity contribution in [3.8, 4) is 0 Å². The number of aliphatic hydroxyl groups is 1. The maximum atomic E-state index is 15.4. The van der Waals surface area contributed by atoms with Gasteiger partial charge in [-0.15, -0.1) is 0 Å². The molecule has 3 nitrogen and oxygen atoms in total. The normalized spacial score (nSPS) is 29.3. The van der Waals surface area contributed by atoms with E-state index in [-0.39, 0.29) is 0 Å². The summed E-state index contributed by atoms with van der Waals surface area (Å²) < 4.78 is 15.4. The first-order valence-corrected chi connectivity index (χ1v) is 8.00. The molecule has 4 rings (SSSR count). The van der Waals surface area contributed by atoms with Crippen molar-refractivity contribution in [2.45, 2.75) is 36.3 Å². The summed E-state index contributed by atoms with van der Waals surface area (Å²) >= 11 is 0. The fraction of sp³-hybridized carbons (Fsp3) is 0.368. The van der Waals surface area contributed by atoms with Crippen molar-refractivity contribution in [1.82, 2.24) is 4.98 Å². The molecular formula is C19H18FNO2. The van der Waals surface area contributed by atoms with Crippen LogP contribution in [0.3, 0.4) is 0 Å². The highest BCUT2D eigenvalue weighted by atomic mass is 19.1. The van der Waals surface area contributed by atoms with Gasteiger partial charge in [-0.1, -0.05) is 30.3 Å². The van der Waals surface area contributed by atoms with Gasteiger partial charge in [-0.3, -0.25) is 9.78 Å². The Morgan fingerprint density at radius 1 is 1.17 bits per heavy atom. The molecule has 4 heteroatoms. The van der Waals surface area contributed by atoms with E-state index in [0.717, 1.165) is 29.7 Å². The van der Waals surface area contributed by atoms with E-state index in [1.807, 2.05) is 36.4 Å². The Bertz CT molecular complexity index is 744. The molecule has 1 aromatic heterocycles. The molecule has 2 fully saturated rings. The highest BCUT2D eigenvalue weighted by molar-refractivity contribution is 5.95. The minimum atomic E-state index is -2.02. The lowest BCUT2D eigenvalue weighted by Crippen LogP contribution is -2.24. The topological polar surface area (TPSA) is 50.2 Å². The Labute approximate surface area is 134 Å². The number of pyridine rings is 1. The molecule has 23 heavy (non-hydrogen) atoms. The molecule has 1 N–H and O–H groups in total. The molecule has 0 aliphatic heterocycles. The smallest absolute Gasteiger partial charge is 0.196 e. The molecule has 1 heterocycles. The van der Waals surface area contributed by atoms with E-state index in [1.54, 1.807) is 12.3 Å². The number of rotatable bonds is 5. The summed E-state index contributed by atoms with van der Waals surface area (Å²) in [7, 11) is 0. The number of aromatic nitrogens is 1. The van der Waals surface area contributed by atoms with Gasteiger partial charge in [0.25, 0.3) is 0 Å². The van der Waals surface area contributed by atoms with Crippen LogP contribution >= 0.6 is 0 Å². The van der Waals surface area contributed by atoms with Gasteiger partial charge in [-0.05, 0) is 36.1 Å². The molecule has 0 amide bonds. The lowest BCUT2D eigenvalue weighted by Gasteiger charge is -2.06. The third-order valence-corrected chi connectivity index (χ3v) is 5.02. The number of carbonyl (C=O) groups excluding carboxylic acids is 1. The van der Waals surface area contributed by atoms with Gasteiger partial charge in [0.15, 0.2) is 11.5 Å². The van der Waals surface area contributed by atoms with E-state index in [2.05, 4.69) is 4.98 Å². The zero-order valence-corrected chi connectivity index (χ0v) is 12.7. The lowest BCUT2D eigenvalue weighted by atomic mass is 10.0. The fourth-order valence-electron chi connectivity index (χ4n) is 3.62. The Morgan fingerprint density at radius 3 is 2.52 bits per heavy atom. The summed E-state index contributed by atoms with van der Waals surface area (Å²) in [6.07, 6.45) is 3.95. The van der Waals surface area contributed by atoms with Crippen molar-refractivity contribution < 1.29 is 14.3 Å². The van der Waals surface area contributed by atoms with Gasteiger partial charge >= 0.3 is 0 Å². The number of halogens is 1. The van der Waals surface area contributed by atoms with Gasteiger partial charge in [0.2, 0.25) is 0 Å². The molecule has 0 radical (unpaired) electrons. The van der Waals surface area contributed by atoms with Crippen LogP contribution in [-0.4, -0.2) is 28.1 Å². The van der Waals surface area contributed by atoms with Crippen molar-refractivity contribution in [2.24, 2.45) is 0 Å². The summed E-state index contributed by atoms with van der Waals surface area (Å²) in [5.74, 6) is -1.32. The van der Waals surface area contributed by atoms with E-state index < -0.39 is 29.9 Å². The van der Waals surface area contributed by atoms with Crippen LogP contribution in [0, 0.1) is 0 Å². The molecular weight excluding hydrogens is 293 g/mol. The number of alkyl halides is 1. The first-order valence-electron chi connectivity index (χ1n) is 8.00. The predicted octanol–water partition coefficient (Wildman–Crippen LogP) is 3.11. The van der Waals surface area contributed by atoms with Crippen LogP contribution < -0.4 is 0 Å². The number of hydrogen-bond acceptors (Lipinski definition) is 3. The molecule has 2 aromatic rings. The van der Waals surface area contributed by atoms with E-state index in [9.17, 15) is 9.90 Å². The van der Waals surface area contributed by atoms with Gasteiger partial charge < -0.3 is 5.11 Å². The van der Waals surface area contributed by atoms with Crippen molar-refractivity contribution in [3.63, 3.8) is 0 Å². The van der Waals surface area contributed by atoms with Crippen molar-refractivity contribution in [3.05, 3.63) is 65.5 Å². The maximum Gasteiger partial charge on any atom is 0.196 e. The summed E-state index contributed by atoms with van der Waals surface area (Å²) in [6, 6.07) is 13.0. The van der Waals surface area contributed by atoms with Gasteiger partial charge in [-0.2, -0.15) is 0 Å². The van der Waals surface area contributed by atoms with E-state index in [4.69, 9.17) is 0 Å². The van der Waals surface area contributed by atoms with Crippen LogP contribution in [0.25, 0.3) is 0 Å². The zero-order valence-electron chi connectivity index (χ0n) is 12.7.